The van der Waals surface area contributed by atoms with Gasteiger partial charge in [-0.1, -0.05) is 84.8 Å². The number of piperidine rings is 1. The van der Waals surface area contributed by atoms with Crippen molar-refractivity contribution in [3.63, 3.8) is 0 Å². The number of hydrogen-bond donors (Lipinski definition) is 0. The fraction of sp³-hybridized carbons (Fsp3) is 0.364. The molecule has 1 atom stereocenters. The second-order valence-electron chi connectivity index (χ2n) is 10.4. The lowest BCUT2D eigenvalue weighted by Crippen LogP contribution is -2.48. The Kier molecular flexibility index (Phi) is 11.0. The summed E-state index contributed by atoms with van der Waals surface area (Å²) in [7, 11) is -1.93. The van der Waals surface area contributed by atoms with E-state index in [9.17, 15) is 13.2 Å². The number of carbonyl (C=O) groups excluding carboxylic acids is 1. The van der Waals surface area contributed by atoms with Crippen molar-refractivity contribution in [3.8, 4) is 12.3 Å². The summed E-state index contributed by atoms with van der Waals surface area (Å²) in [6, 6.07) is 28.3. The molecular weight excluding hydrogens is 534 g/mol. The monoisotopic (exact) mass is 573 g/mol. The fourth-order valence-electron chi connectivity index (χ4n) is 5.31. The summed E-state index contributed by atoms with van der Waals surface area (Å²) in [4.78, 5) is 17.3. The van der Waals surface area contributed by atoms with Gasteiger partial charge in [-0.05, 0) is 55.0 Å². The Balaban J connectivity index is 1.33. The van der Waals surface area contributed by atoms with Crippen molar-refractivity contribution in [3.05, 3.63) is 102 Å². The van der Waals surface area contributed by atoms with Crippen molar-refractivity contribution in [2.45, 2.75) is 42.7 Å². The zero-order chi connectivity index (χ0) is 29.1. The number of hydrogen-bond acceptors (Lipinski definition) is 5. The molecule has 1 fully saturated rings. The minimum atomic E-state index is -3.58. The van der Waals surface area contributed by atoms with Crippen LogP contribution in [0.2, 0.25) is 0 Å². The first-order valence-corrected chi connectivity index (χ1v) is 15.5. The Hall–Kier alpha value is -3.64. The van der Waals surface area contributed by atoms with E-state index in [1.165, 1.54) is 4.31 Å². The zero-order valence-electron chi connectivity index (χ0n) is 23.6. The molecule has 3 aromatic rings. The van der Waals surface area contributed by atoms with E-state index in [4.69, 9.17) is 11.2 Å². The van der Waals surface area contributed by atoms with E-state index in [2.05, 4.69) is 23.0 Å². The van der Waals surface area contributed by atoms with E-state index in [0.29, 0.717) is 11.4 Å². The molecule has 4 rings (SSSR count). The Morgan fingerprint density at radius 2 is 1.56 bits per heavy atom. The van der Waals surface area contributed by atoms with Gasteiger partial charge in [-0.2, -0.15) is 0 Å². The number of rotatable bonds is 12. The van der Waals surface area contributed by atoms with Gasteiger partial charge >= 0.3 is 6.09 Å². The molecule has 0 radical (unpaired) electrons. The van der Waals surface area contributed by atoms with Gasteiger partial charge in [-0.15, -0.1) is 6.42 Å². The molecule has 1 amide bonds. The molecule has 216 valence electrons. The van der Waals surface area contributed by atoms with Crippen molar-refractivity contribution in [2.75, 3.05) is 39.8 Å². The van der Waals surface area contributed by atoms with Crippen LogP contribution in [0, 0.1) is 12.3 Å². The van der Waals surface area contributed by atoms with E-state index in [0.717, 1.165) is 50.0 Å². The SMILES string of the molecule is C#CCN(C(=O)OCc1ccccc1)C1CCN(CC[C@@H](CN(C)S(=O)(=O)c2ccccc2)c2ccccc2)CC1. The quantitative estimate of drug-likeness (QED) is 0.278. The van der Waals surface area contributed by atoms with Crippen LogP contribution in [-0.2, 0) is 21.4 Å². The fourth-order valence-corrected chi connectivity index (χ4v) is 6.54. The summed E-state index contributed by atoms with van der Waals surface area (Å²) < 4.78 is 33.4. The van der Waals surface area contributed by atoms with Crippen LogP contribution in [0.25, 0.3) is 0 Å². The molecule has 1 heterocycles. The number of ether oxygens (including phenoxy) is 1. The third-order valence-corrected chi connectivity index (χ3v) is 9.53. The lowest BCUT2D eigenvalue weighted by atomic mass is 9.94. The third-order valence-electron chi connectivity index (χ3n) is 7.69. The van der Waals surface area contributed by atoms with Crippen LogP contribution in [-0.4, -0.2) is 74.4 Å². The average molecular weight is 574 g/mol. The van der Waals surface area contributed by atoms with Gasteiger partial charge in [0.05, 0.1) is 11.4 Å². The smallest absolute Gasteiger partial charge is 0.411 e. The van der Waals surface area contributed by atoms with Gasteiger partial charge in [0.1, 0.15) is 6.61 Å². The number of nitrogens with zero attached hydrogens (tertiary/aromatic N) is 3. The van der Waals surface area contributed by atoms with E-state index in [1.807, 2.05) is 54.6 Å². The maximum atomic E-state index is 13.2. The lowest BCUT2D eigenvalue weighted by Gasteiger charge is -2.37. The van der Waals surface area contributed by atoms with Gasteiger partial charge in [-0.25, -0.2) is 17.5 Å². The normalized spacial score (nSPS) is 15.2. The van der Waals surface area contributed by atoms with Gasteiger partial charge in [0.25, 0.3) is 0 Å². The summed E-state index contributed by atoms with van der Waals surface area (Å²) in [5.41, 5.74) is 2.06. The number of benzene rings is 3. The van der Waals surface area contributed by atoms with E-state index in [1.54, 1.807) is 36.2 Å². The van der Waals surface area contributed by atoms with Crippen molar-refractivity contribution < 1.29 is 17.9 Å². The van der Waals surface area contributed by atoms with E-state index >= 15 is 0 Å². The molecule has 3 aromatic carbocycles. The van der Waals surface area contributed by atoms with Crippen LogP contribution in [0.5, 0.6) is 0 Å². The third kappa shape index (κ3) is 8.43. The Labute approximate surface area is 244 Å². The van der Waals surface area contributed by atoms with Crippen LogP contribution in [0.1, 0.15) is 36.3 Å². The lowest BCUT2D eigenvalue weighted by molar-refractivity contribution is 0.0663. The highest BCUT2D eigenvalue weighted by Crippen LogP contribution is 2.26. The topological polar surface area (TPSA) is 70.2 Å². The second kappa shape index (κ2) is 14.8. The molecule has 0 spiro atoms. The van der Waals surface area contributed by atoms with Crippen LogP contribution in [0.3, 0.4) is 0 Å². The molecule has 0 bridgehead atoms. The number of likely N-dealkylation sites (tertiary alicyclic amines) is 1. The molecule has 0 aliphatic carbocycles. The zero-order valence-corrected chi connectivity index (χ0v) is 24.5. The first-order valence-electron chi connectivity index (χ1n) is 14.1. The molecule has 0 saturated carbocycles. The molecule has 1 aliphatic heterocycles. The molecule has 0 unspecified atom stereocenters. The van der Waals surface area contributed by atoms with Crippen molar-refractivity contribution in [1.29, 1.82) is 0 Å². The van der Waals surface area contributed by atoms with Gasteiger partial charge in [0.2, 0.25) is 10.0 Å². The van der Waals surface area contributed by atoms with E-state index < -0.39 is 10.0 Å². The van der Waals surface area contributed by atoms with Crippen molar-refractivity contribution in [1.82, 2.24) is 14.1 Å². The Bertz CT molecular complexity index is 1370. The van der Waals surface area contributed by atoms with E-state index in [-0.39, 0.29) is 31.2 Å². The predicted octanol–water partition coefficient (Wildman–Crippen LogP) is 5.22. The number of carbonyl (C=O) groups is 1. The minimum Gasteiger partial charge on any atom is -0.445 e. The summed E-state index contributed by atoms with van der Waals surface area (Å²) in [5, 5.41) is 0. The van der Waals surface area contributed by atoms with Crippen molar-refractivity contribution >= 4 is 16.1 Å². The largest absolute Gasteiger partial charge is 0.445 e. The van der Waals surface area contributed by atoms with Gasteiger partial charge in [-0.3, -0.25) is 4.90 Å². The molecule has 1 aliphatic rings. The number of terminal acetylenes is 1. The number of amides is 1. The molecule has 41 heavy (non-hydrogen) atoms. The molecule has 0 aromatic heterocycles. The van der Waals surface area contributed by atoms with Crippen LogP contribution in [0.4, 0.5) is 4.79 Å². The van der Waals surface area contributed by atoms with Crippen molar-refractivity contribution in [2.24, 2.45) is 0 Å². The van der Waals surface area contributed by atoms with Crippen LogP contribution in [0.15, 0.2) is 95.9 Å². The van der Waals surface area contributed by atoms with Crippen LogP contribution >= 0.6 is 0 Å². The summed E-state index contributed by atoms with van der Waals surface area (Å²) >= 11 is 0. The van der Waals surface area contributed by atoms with Crippen LogP contribution < -0.4 is 0 Å². The first-order chi connectivity index (χ1) is 19.9. The first kappa shape index (κ1) is 30.3. The Morgan fingerprint density at radius 3 is 2.17 bits per heavy atom. The highest BCUT2D eigenvalue weighted by molar-refractivity contribution is 7.89. The summed E-state index contributed by atoms with van der Waals surface area (Å²) in [6.07, 6.45) is 7.65. The molecule has 7 nitrogen and oxygen atoms in total. The molecule has 8 heteroatoms. The van der Waals surface area contributed by atoms with Gasteiger partial charge in [0.15, 0.2) is 0 Å². The Morgan fingerprint density at radius 1 is 0.976 bits per heavy atom. The summed E-state index contributed by atoms with van der Waals surface area (Å²) in [6.45, 7) is 3.32. The standard InChI is InChI=1S/C33H39N3O4S/c1-3-22-36(33(37)40-27-28-13-7-4-8-14-28)31-20-24-35(25-21-31)23-19-30(29-15-9-5-10-16-29)26-34(2)41(38,39)32-17-11-6-12-18-32/h1,4-18,30-31H,19-27H2,2H3/t30-/m0/s1. The molecule has 0 N–H and O–H groups in total. The summed E-state index contributed by atoms with van der Waals surface area (Å²) in [5.74, 6) is 2.66. The average Bonchev–Trinajstić information content (AvgIpc) is 3.02. The number of likely N-dealkylation sites (N-methyl/N-ethyl adjacent to an activating group) is 1. The maximum Gasteiger partial charge on any atom is 0.411 e. The number of sulfonamides is 1. The molecular formula is C33H39N3O4S. The highest BCUT2D eigenvalue weighted by Gasteiger charge is 2.30. The molecule has 1 saturated heterocycles. The highest BCUT2D eigenvalue weighted by atomic mass is 32.2. The minimum absolute atomic E-state index is 0.0256. The van der Waals surface area contributed by atoms with Gasteiger partial charge < -0.3 is 9.64 Å². The second-order valence-corrected chi connectivity index (χ2v) is 12.5. The predicted molar refractivity (Wildman–Crippen MR) is 162 cm³/mol. The van der Waals surface area contributed by atoms with Gasteiger partial charge in [0, 0.05) is 32.7 Å². The maximum absolute atomic E-state index is 13.2.